The van der Waals surface area contributed by atoms with Crippen molar-refractivity contribution in [3.8, 4) is 0 Å². The summed E-state index contributed by atoms with van der Waals surface area (Å²) < 4.78 is 7.11. The molecular weight excluding hydrogens is 330 g/mol. The fourth-order valence-corrected chi connectivity index (χ4v) is 3.93. The molecule has 2 aromatic rings. The van der Waals surface area contributed by atoms with Crippen LogP contribution in [-0.2, 0) is 17.8 Å². The number of rotatable bonds is 8. The molecule has 3 heterocycles. The minimum Gasteiger partial charge on any atom is -0.383 e. The van der Waals surface area contributed by atoms with E-state index in [1.165, 1.54) is 5.56 Å². The van der Waals surface area contributed by atoms with Crippen LogP contribution in [-0.4, -0.2) is 65.1 Å². The second-order valence-electron chi connectivity index (χ2n) is 7.42. The summed E-state index contributed by atoms with van der Waals surface area (Å²) in [5, 5.41) is 12.5. The first-order valence-electron chi connectivity index (χ1n) is 9.51. The predicted molar refractivity (Wildman–Crippen MR) is 96.6 cm³/mol. The Kier molecular flexibility index (Phi) is 6.65. The quantitative estimate of drug-likeness (QED) is 0.592. The fraction of sp³-hybridized carbons (Fsp3) is 0.667. The first-order valence-corrected chi connectivity index (χ1v) is 9.51. The molecule has 1 atom stereocenters. The number of tetrazole rings is 1. The lowest BCUT2D eigenvalue weighted by Gasteiger charge is -2.35. The Labute approximate surface area is 155 Å². The molecule has 26 heavy (non-hydrogen) atoms. The smallest absolute Gasteiger partial charge is 0.209 e. The van der Waals surface area contributed by atoms with E-state index in [0.29, 0.717) is 25.1 Å². The van der Waals surface area contributed by atoms with Crippen molar-refractivity contribution in [3.05, 3.63) is 35.9 Å². The number of methoxy groups -OCH3 is 1. The van der Waals surface area contributed by atoms with E-state index in [-0.39, 0.29) is 0 Å². The Bertz CT molecular complexity index is 653. The van der Waals surface area contributed by atoms with Gasteiger partial charge in [0.05, 0.1) is 13.2 Å². The van der Waals surface area contributed by atoms with Crippen LogP contribution in [0.1, 0.15) is 31.3 Å². The Hall–Kier alpha value is -1.90. The minimum absolute atomic E-state index is 0.321. The molecule has 2 N–H and O–H groups in total. The summed E-state index contributed by atoms with van der Waals surface area (Å²) in [6, 6.07) is 4.51. The van der Waals surface area contributed by atoms with Crippen molar-refractivity contribution in [3.63, 3.8) is 0 Å². The molecule has 1 saturated heterocycles. The van der Waals surface area contributed by atoms with Gasteiger partial charge in [-0.25, -0.2) is 4.68 Å². The van der Waals surface area contributed by atoms with Crippen molar-refractivity contribution >= 4 is 0 Å². The highest BCUT2D eigenvalue weighted by Gasteiger charge is 2.36. The lowest BCUT2D eigenvalue weighted by molar-refractivity contribution is -1.03. The third-order valence-electron chi connectivity index (χ3n) is 5.23. The minimum atomic E-state index is 0.321. The van der Waals surface area contributed by atoms with Gasteiger partial charge in [0.1, 0.15) is 32.7 Å². The summed E-state index contributed by atoms with van der Waals surface area (Å²) in [4.78, 5) is 7.45. The summed E-state index contributed by atoms with van der Waals surface area (Å²) in [7, 11) is 1.71. The maximum Gasteiger partial charge on any atom is 0.209 e. The fourth-order valence-electron chi connectivity index (χ4n) is 3.93. The highest BCUT2D eigenvalue weighted by Crippen LogP contribution is 2.15. The number of quaternary nitrogens is 2. The van der Waals surface area contributed by atoms with E-state index in [4.69, 9.17) is 4.74 Å². The first kappa shape index (κ1) is 18.9. The van der Waals surface area contributed by atoms with E-state index in [1.54, 1.807) is 16.9 Å². The molecule has 142 valence electrons. The standard InChI is InChI=1S/C18H29N7O/c1-15(2)17(18-20-21-22-25(18)11-12-26-3)24-9-7-23(8-10-24)14-16-5-4-6-19-13-16/h4-6,13,15,17H,7-12,14H2,1-3H3/p+2/t17-/m0/s1. The van der Waals surface area contributed by atoms with E-state index in [1.807, 2.05) is 23.1 Å². The molecular formula is C18H31N7O+2. The van der Waals surface area contributed by atoms with Crippen LogP contribution in [0.25, 0.3) is 0 Å². The number of pyridine rings is 1. The van der Waals surface area contributed by atoms with E-state index in [0.717, 1.165) is 38.5 Å². The van der Waals surface area contributed by atoms with Crippen LogP contribution in [0.4, 0.5) is 0 Å². The van der Waals surface area contributed by atoms with Gasteiger partial charge in [-0.1, -0.05) is 19.9 Å². The lowest BCUT2D eigenvalue weighted by atomic mass is 10.0. The highest BCUT2D eigenvalue weighted by atomic mass is 16.5. The first-order chi connectivity index (χ1) is 12.7. The van der Waals surface area contributed by atoms with Gasteiger partial charge >= 0.3 is 0 Å². The Morgan fingerprint density at radius 2 is 2.04 bits per heavy atom. The summed E-state index contributed by atoms with van der Waals surface area (Å²) in [6.45, 7) is 11.5. The van der Waals surface area contributed by atoms with Gasteiger partial charge in [-0.15, -0.1) is 5.10 Å². The third kappa shape index (κ3) is 4.63. The molecule has 0 spiro atoms. The molecule has 0 aromatic carbocycles. The molecule has 2 aromatic heterocycles. The van der Waals surface area contributed by atoms with Gasteiger partial charge in [0.15, 0.2) is 6.04 Å². The van der Waals surface area contributed by atoms with Crippen molar-refractivity contribution in [2.45, 2.75) is 33.0 Å². The summed E-state index contributed by atoms with van der Waals surface area (Å²) >= 11 is 0. The summed E-state index contributed by atoms with van der Waals surface area (Å²) in [6.07, 6.45) is 3.81. The van der Waals surface area contributed by atoms with Gasteiger partial charge in [0.2, 0.25) is 5.82 Å². The largest absolute Gasteiger partial charge is 0.383 e. The van der Waals surface area contributed by atoms with Crippen LogP contribution in [0.15, 0.2) is 24.5 Å². The number of nitrogens with one attached hydrogen (secondary N) is 2. The van der Waals surface area contributed by atoms with Crippen LogP contribution in [0.2, 0.25) is 0 Å². The van der Waals surface area contributed by atoms with Crippen LogP contribution >= 0.6 is 0 Å². The van der Waals surface area contributed by atoms with Gasteiger partial charge in [-0.3, -0.25) is 4.98 Å². The maximum absolute atomic E-state index is 5.19. The van der Waals surface area contributed by atoms with Crippen molar-refractivity contribution in [1.82, 2.24) is 25.2 Å². The molecule has 0 bridgehead atoms. The van der Waals surface area contributed by atoms with Crippen molar-refractivity contribution in [2.24, 2.45) is 5.92 Å². The molecule has 8 heteroatoms. The number of piperazine rings is 1. The molecule has 0 radical (unpaired) electrons. The number of ether oxygens (including phenoxy) is 1. The van der Waals surface area contributed by atoms with Gasteiger partial charge in [-0.2, -0.15) is 0 Å². The average Bonchev–Trinajstić information content (AvgIpc) is 3.10. The second kappa shape index (κ2) is 9.16. The van der Waals surface area contributed by atoms with Gasteiger partial charge in [0.25, 0.3) is 0 Å². The highest BCUT2D eigenvalue weighted by molar-refractivity contribution is 5.06. The Balaban J connectivity index is 1.63. The zero-order valence-electron chi connectivity index (χ0n) is 16.1. The monoisotopic (exact) mass is 361 g/mol. The predicted octanol–water partition coefficient (Wildman–Crippen LogP) is -1.60. The lowest BCUT2D eigenvalue weighted by Crippen LogP contribution is -3.27. The molecule has 0 amide bonds. The number of aromatic nitrogens is 5. The number of hydrogen-bond acceptors (Lipinski definition) is 5. The van der Waals surface area contributed by atoms with E-state index in [9.17, 15) is 0 Å². The van der Waals surface area contributed by atoms with E-state index >= 15 is 0 Å². The second-order valence-corrected chi connectivity index (χ2v) is 7.42. The van der Waals surface area contributed by atoms with Crippen molar-refractivity contribution in [1.29, 1.82) is 0 Å². The average molecular weight is 361 g/mol. The normalized spacial score (nSPS) is 21.8. The van der Waals surface area contributed by atoms with Crippen LogP contribution in [0.5, 0.6) is 0 Å². The van der Waals surface area contributed by atoms with Crippen molar-refractivity contribution in [2.75, 3.05) is 39.9 Å². The summed E-state index contributed by atoms with van der Waals surface area (Å²) in [5.74, 6) is 1.47. The molecule has 0 unspecified atom stereocenters. The molecule has 3 rings (SSSR count). The van der Waals surface area contributed by atoms with E-state index in [2.05, 4.69) is 40.4 Å². The zero-order valence-corrected chi connectivity index (χ0v) is 16.1. The molecule has 0 aliphatic carbocycles. The Morgan fingerprint density at radius 1 is 1.23 bits per heavy atom. The number of nitrogens with zero attached hydrogens (tertiary/aromatic N) is 5. The van der Waals surface area contributed by atoms with E-state index < -0.39 is 0 Å². The third-order valence-corrected chi connectivity index (χ3v) is 5.23. The Morgan fingerprint density at radius 3 is 2.69 bits per heavy atom. The van der Waals surface area contributed by atoms with Crippen LogP contribution in [0, 0.1) is 5.92 Å². The maximum atomic E-state index is 5.19. The van der Waals surface area contributed by atoms with Gasteiger partial charge < -0.3 is 14.5 Å². The molecule has 8 nitrogen and oxygen atoms in total. The van der Waals surface area contributed by atoms with Gasteiger partial charge in [0, 0.05) is 31.0 Å². The SMILES string of the molecule is COCCn1nnnc1[C@H](C(C)C)[NH+]1CC[NH+](Cc2cccnc2)CC1. The summed E-state index contributed by atoms with van der Waals surface area (Å²) in [5.41, 5.74) is 1.31. The van der Waals surface area contributed by atoms with Gasteiger partial charge in [-0.05, 0) is 16.5 Å². The molecule has 1 aliphatic heterocycles. The molecule has 0 saturated carbocycles. The molecule has 1 fully saturated rings. The van der Waals surface area contributed by atoms with Crippen molar-refractivity contribution < 1.29 is 14.5 Å². The number of hydrogen-bond donors (Lipinski definition) is 2. The zero-order chi connectivity index (χ0) is 18.4. The van der Waals surface area contributed by atoms with Crippen LogP contribution < -0.4 is 9.80 Å². The molecule has 1 aliphatic rings. The van der Waals surface area contributed by atoms with Crippen LogP contribution in [0.3, 0.4) is 0 Å². The topological polar surface area (TPSA) is 74.6 Å².